The molecule has 3 unspecified atom stereocenters. The molecule has 0 radical (unpaired) electrons. The molecular formula is C20H24O3. The lowest BCUT2D eigenvalue weighted by atomic mass is 9.69. The second kappa shape index (κ2) is 4.93. The van der Waals surface area contributed by atoms with Crippen LogP contribution < -0.4 is 0 Å². The predicted molar refractivity (Wildman–Crippen MR) is 86.8 cm³/mol. The zero-order valence-corrected chi connectivity index (χ0v) is 13.9. The fourth-order valence-corrected chi connectivity index (χ4v) is 5.22. The van der Waals surface area contributed by atoms with Crippen LogP contribution in [0.2, 0.25) is 0 Å². The van der Waals surface area contributed by atoms with Gasteiger partial charge in [0.05, 0.1) is 0 Å². The maximum atomic E-state index is 13.1. The van der Waals surface area contributed by atoms with E-state index in [0.29, 0.717) is 18.8 Å². The molecule has 3 aliphatic rings. The normalized spacial score (nSPS) is 34.3. The topological polar surface area (TPSA) is 43.4 Å². The van der Waals surface area contributed by atoms with Crippen LogP contribution in [-0.4, -0.2) is 11.8 Å². The van der Waals surface area contributed by atoms with Crippen LogP contribution in [0.15, 0.2) is 24.3 Å². The highest BCUT2D eigenvalue weighted by Crippen LogP contribution is 2.64. The van der Waals surface area contributed by atoms with Gasteiger partial charge in [-0.15, -0.1) is 0 Å². The zero-order chi connectivity index (χ0) is 16.2. The van der Waals surface area contributed by atoms with Crippen LogP contribution in [0.5, 0.6) is 0 Å². The van der Waals surface area contributed by atoms with Crippen molar-refractivity contribution in [1.82, 2.24) is 0 Å². The number of hydrogen-bond donors (Lipinski definition) is 0. The number of carbonyl (C=O) groups excluding carboxylic acids is 2. The molecule has 0 saturated heterocycles. The quantitative estimate of drug-likeness (QED) is 0.612. The Hall–Kier alpha value is -1.64. The van der Waals surface area contributed by atoms with Gasteiger partial charge in [-0.05, 0) is 54.6 Å². The van der Waals surface area contributed by atoms with Crippen LogP contribution in [0.4, 0.5) is 0 Å². The van der Waals surface area contributed by atoms with Crippen molar-refractivity contribution in [2.45, 2.75) is 58.5 Å². The first-order valence-corrected chi connectivity index (χ1v) is 8.79. The number of Topliss-reactive ketones (excluding diaryl/α,β-unsaturated/α-hetero) is 1. The molecule has 1 aromatic rings. The number of aryl methyl sites for hydroxylation is 1. The lowest BCUT2D eigenvalue weighted by Crippen LogP contribution is -2.45. The smallest absolute Gasteiger partial charge is 0.320 e. The van der Waals surface area contributed by atoms with Crippen LogP contribution in [0.1, 0.15) is 63.2 Å². The number of ketones is 1. The first-order chi connectivity index (χ1) is 11.0. The summed E-state index contributed by atoms with van der Waals surface area (Å²) in [7, 11) is 0. The van der Waals surface area contributed by atoms with E-state index in [4.69, 9.17) is 4.74 Å². The summed E-state index contributed by atoms with van der Waals surface area (Å²) in [4.78, 5) is 25.7. The van der Waals surface area contributed by atoms with E-state index in [9.17, 15) is 9.59 Å². The van der Waals surface area contributed by atoms with E-state index in [1.165, 1.54) is 5.56 Å². The maximum Gasteiger partial charge on any atom is 0.320 e. The molecule has 2 saturated carbocycles. The Kier molecular flexibility index (Phi) is 3.20. The fourth-order valence-electron chi connectivity index (χ4n) is 5.22. The first-order valence-electron chi connectivity index (χ1n) is 8.79. The predicted octanol–water partition coefficient (Wildman–Crippen LogP) is 4.00. The standard InChI is InChI=1S/C20H24O3/c1-19(2)14-10-11-20(19,17(21)12-14)18(22)23-16-9-5-7-13-6-3-4-8-15(13)16/h3-4,6,8,14,16H,5,7,9-12H2,1-2H3. The molecular weight excluding hydrogens is 288 g/mol. The van der Waals surface area contributed by atoms with Crippen molar-refractivity contribution in [3.63, 3.8) is 0 Å². The van der Waals surface area contributed by atoms with Gasteiger partial charge in [-0.3, -0.25) is 9.59 Å². The van der Waals surface area contributed by atoms with Crippen molar-refractivity contribution in [2.75, 3.05) is 0 Å². The van der Waals surface area contributed by atoms with Crippen molar-refractivity contribution < 1.29 is 14.3 Å². The van der Waals surface area contributed by atoms with Crippen molar-refractivity contribution in [3.05, 3.63) is 35.4 Å². The Labute approximate surface area is 137 Å². The van der Waals surface area contributed by atoms with Gasteiger partial charge in [-0.2, -0.15) is 0 Å². The minimum absolute atomic E-state index is 0.104. The van der Waals surface area contributed by atoms with Gasteiger partial charge in [0.15, 0.2) is 5.78 Å². The van der Waals surface area contributed by atoms with Gasteiger partial charge in [-0.25, -0.2) is 0 Å². The van der Waals surface area contributed by atoms with Crippen molar-refractivity contribution >= 4 is 11.8 Å². The van der Waals surface area contributed by atoms with Gasteiger partial charge < -0.3 is 4.74 Å². The van der Waals surface area contributed by atoms with Gasteiger partial charge >= 0.3 is 5.97 Å². The molecule has 3 aliphatic carbocycles. The third-order valence-electron chi connectivity index (χ3n) is 6.81. The molecule has 0 aromatic heterocycles. The second-order valence-electron chi connectivity index (χ2n) is 7.97. The number of benzene rings is 1. The molecule has 3 nitrogen and oxygen atoms in total. The average molecular weight is 312 g/mol. The molecule has 4 rings (SSSR count). The lowest BCUT2D eigenvalue weighted by Gasteiger charge is -2.36. The largest absolute Gasteiger partial charge is 0.457 e. The van der Waals surface area contributed by atoms with Crippen LogP contribution >= 0.6 is 0 Å². The van der Waals surface area contributed by atoms with E-state index < -0.39 is 5.41 Å². The van der Waals surface area contributed by atoms with Gasteiger partial charge in [0, 0.05) is 6.42 Å². The van der Waals surface area contributed by atoms with Crippen LogP contribution in [-0.2, 0) is 20.7 Å². The summed E-state index contributed by atoms with van der Waals surface area (Å²) in [5, 5.41) is 0. The Morgan fingerprint density at radius 2 is 2.00 bits per heavy atom. The summed E-state index contributed by atoms with van der Waals surface area (Å²) in [6.07, 6.45) is 4.92. The minimum Gasteiger partial charge on any atom is -0.457 e. The molecule has 1 aromatic carbocycles. The Bertz CT molecular complexity index is 675. The summed E-state index contributed by atoms with van der Waals surface area (Å²) in [6, 6.07) is 8.21. The van der Waals surface area contributed by atoms with Gasteiger partial charge in [-0.1, -0.05) is 38.1 Å². The highest BCUT2D eigenvalue weighted by Gasteiger charge is 2.69. The molecule has 0 heterocycles. The summed E-state index contributed by atoms with van der Waals surface area (Å²) >= 11 is 0. The maximum absolute atomic E-state index is 13.1. The van der Waals surface area contributed by atoms with Crippen LogP contribution in [0.25, 0.3) is 0 Å². The fraction of sp³-hybridized carbons (Fsp3) is 0.600. The zero-order valence-electron chi connectivity index (χ0n) is 13.9. The first kappa shape index (κ1) is 14.9. The molecule has 122 valence electrons. The molecule has 23 heavy (non-hydrogen) atoms. The minimum atomic E-state index is -0.899. The molecule has 3 heteroatoms. The monoisotopic (exact) mass is 312 g/mol. The molecule has 2 bridgehead atoms. The Morgan fingerprint density at radius 1 is 1.22 bits per heavy atom. The molecule has 0 amide bonds. The van der Waals surface area contributed by atoms with Gasteiger partial charge in [0.25, 0.3) is 0 Å². The molecule has 3 atom stereocenters. The van der Waals surface area contributed by atoms with E-state index >= 15 is 0 Å². The highest BCUT2D eigenvalue weighted by atomic mass is 16.5. The van der Waals surface area contributed by atoms with E-state index in [1.54, 1.807) is 0 Å². The second-order valence-corrected chi connectivity index (χ2v) is 7.97. The third kappa shape index (κ3) is 1.88. The molecule has 0 N–H and O–H groups in total. The molecule has 0 aliphatic heterocycles. The van der Waals surface area contributed by atoms with E-state index in [1.807, 2.05) is 12.1 Å². The van der Waals surface area contributed by atoms with E-state index in [2.05, 4.69) is 26.0 Å². The lowest BCUT2D eigenvalue weighted by molar-refractivity contribution is -0.170. The van der Waals surface area contributed by atoms with Crippen LogP contribution in [0, 0.1) is 16.7 Å². The summed E-state index contributed by atoms with van der Waals surface area (Å²) in [5.74, 6) is 0.170. The number of esters is 1. The van der Waals surface area contributed by atoms with Crippen molar-refractivity contribution in [2.24, 2.45) is 16.7 Å². The van der Waals surface area contributed by atoms with Crippen molar-refractivity contribution in [1.29, 1.82) is 0 Å². The average Bonchev–Trinajstić information content (AvgIpc) is 2.90. The number of rotatable bonds is 2. The highest BCUT2D eigenvalue weighted by molar-refractivity contribution is 6.07. The third-order valence-corrected chi connectivity index (χ3v) is 6.81. The van der Waals surface area contributed by atoms with Crippen molar-refractivity contribution in [3.8, 4) is 0 Å². The SMILES string of the molecule is CC1(C)C2CCC1(C(=O)OC1CCCc3ccccc31)C(=O)C2. The van der Waals surface area contributed by atoms with Gasteiger partial charge in [0.2, 0.25) is 0 Å². The van der Waals surface area contributed by atoms with E-state index in [-0.39, 0.29) is 23.3 Å². The summed E-state index contributed by atoms with van der Waals surface area (Å²) in [6.45, 7) is 4.15. The number of hydrogen-bond acceptors (Lipinski definition) is 3. The van der Waals surface area contributed by atoms with Gasteiger partial charge in [0.1, 0.15) is 11.5 Å². The van der Waals surface area contributed by atoms with Crippen LogP contribution in [0.3, 0.4) is 0 Å². The summed E-state index contributed by atoms with van der Waals surface area (Å²) < 4.78 is 5.97. The molecule has 2 fully saturated rings. The molecule has 0 spiro atoms. The Balaban J connectivity index is 1.63. The van der Waals surface area contributed by atoms with E-state index in [0.717, 1.165) is 31.2 Å². The summed E-state index contributed by atoms with van der Waals surface area (Å²) in [5.41, 5.74) is 1.23. The number of fused-ring (bicyclic) bond motifs is 3. The Morgan fingerprint density at radius 3 is 2.70 bits per heavy atom. The number of ether oxygens (including phenoxy) is 1. The number of carbonyl (C=O) groups is 2.